The first kappa shape index (κ1) is 50.0. The summed E-state index contributed by atoms with van der Waals surface area (Å²) in [6.07, 6.45) is 52.1. The van der Waals surface area contributed by atoms with Gasteiger partial charge in [0.1, 0.15) is 0 Å². The van der Waals surface area contributed by atoms with Crippen molar-refractivity contribution < 1.29 is 19.8 Å². The fraction of sp³-hybridized carbons (Fsp3) is 0.955. The molecule has 0 aromatic carbocycles. The van der Waals surface area contributed by atoms with Crippen molar-refractivity contribution in [1.29, 1.82) is 0 Å². The molecular formula is C44H89NO4. The van der Waals surface area contributed by atoms with Crippen LogP contribution in [0.1, 0.15) is 258 Å². The molecule has 0 aliphatic carbocycles. The second-order valence-corrected chi connectivity index (χ2v) is 15.1. The molecule has 0 aliphatic heterocycles. The van der Waals surface area contributed by atoms with Crippen LogP contribution in [-0.2, 0) is 9.59 Å². The van der Waals surface area contributed by atoms with Gasteiger partial charge < -0.3 is 15.5 Å². The highest BCUT2D eigenvalue weighted by Crippen LogP contribution is 2.16. The van der Waals surface area contributed by atoms with Gasteiger partial charge in [-0.25, -0.2) is 0 Å². The molecule has 3 N–H and O–H groups in total. The van der Waals surface area contributed by atoms with Crippen molar-refractivity contribution >= 4 is 11.9 Å². The summed E-state index contributed by atoms with van der Waals surface area (Å²) in [5, 5.41) is 19.5. The quantitative estimate of drug-likeness (QED) is 0.0554. The molecule has 0 radical (unpaired) electrons. The topological polar surface area (TPSA) is 86.6 Å². The fourth-order valence-corrected chi connectivity index (χ4v) is 6.64. The molecule has 0 saturated carbocycles. The maximum absolute atomic E-state index is 9.64. The van der Waals surface area contributed by atoms with Crippen LogP contribution >= 0.6 is 0 Å². The SMILES string of the molecule is CCCCCCCCCCCCCCCCCCCCNCCCCCCCCCCCCCCCCCCCC.O=C(O)CCC(=O)O. The molecule has 0 atom stereocenters. The van der Waals surface area contributed by atoms with Gasteiger partial charge in [-0.3, -0.25) is 9.59 Å². The lowest BCUT2D eigenvalue weighted by Gasteiger charge is -2.06. The van der Waals surface area contributed by atoms with E-state index >= 15 is 0 Å². The average Bonchev–Trinajstić information content (AvgIpc) is 3.09. The highest BCUT2D eigenvalue weighted by atomic mass is 16.4. The molecule has 294 valence electrons. The van der Waals surface area contributed by atoms with Gasteiger partial charge in [0.2, 0.25) is 0 Å². The van der Waals surface area contributed by atoms with Gasteiger partial charge in [-0.05, 0) is 25.9 Å². The Morgan fingerprint density at radius 1 is 0.306 bits per heavy atom. The second kappa shape index (κ2) is 46.9. The van der Waals surface area contributed by atoms with Crippen LogP contribution in [0.2, 0.25) is 0 Å². The van der Waals surface area contributed by atoms with Gasteiger partial charge in [0, 0.05) is 0 Å². The summed E-state index contributed by atoms with van der Waals surface area (Å²) >= 11 is 0. The normalized spacial score (nSPS) is 11.1. The predicted molar refractivity (Wildman–Crippen MR) is 215 cm³/mol. The monoisotopic (exact) mass is 696 g/mol. The number of hydrogen-bond acceptors (Lipinski definition) is 3. The number of rotatable bonds is 41. The molecule has 0 aliphatic rings. The van der Waals surface area contributed by atoms with Crippen molar-refractivity contribution in [1.82, 2.24) is 5.32 Å². The standard InChI is InChI=1S/C40H83N.C4H6O4/c1-3-5-7-9-11-13-15-17-19-21-23-25-27-29-31-33-35-37-39-41-40-38-36-34-32-30-28-26-24-22-20-18-16-14-12-10-8-6-4-2;5-3(6)1-2-4(7)8/h41H,3-40H2,1-2H3;1-2H2,(H,5,6)(H,7,8). The van der Waals surface area contributed by atoms with Crippen LogP contribution in [0, 0.1) is 0 Å². The van der Waals surface area contributed by atoms with Gasteiger partial charge in [0.05, 0.1) is 12.8 Å². The number of unbranched alkanes of at least 4 members (excludes halogenated alkanes) is 34. The molecule has 0 bridgehead atoms. The number of carboxylic acids is 2. The Balaban J connectivity index is 0. The van der Waals surface area contributed by atoms with Crippen LogP contribution in [0.5, 0.6) is 0 Å². The molecule has 49 heavy (non-hydrogen) atoms. The number of nitrogens with one attached hydrogen (secondary N) is 1. The van der Waals surface area contributed by atoms with Crippen LogP contribution in [-0.4, -0.2) is 35.2 Å². The van der Waals surface area contributed by atoms with Crippen molar-refractivity contribution in [2.75, 3.05) is 13.1 Å². The van der Waals surface area contributed by atoms with E-state index in [1.54, 1.807) is 0 Å². The van der Waals surface area contributed by atoms with Crippen LogP contribution < -0.4 is 5.32 Å². The third-order valence-electron chi connectivity index (χ3n) is 9.97. The van der Waals surface area contributed by atoms with Crippen molar-refractivity contribution in [3.05, 3.63) is 0 Å². The predicted octanol–water partition coefficient (Wildman–Crippen LogP) is 14.6. The molecule has 0 aromatic rings. The third-order valence-corrected chi connectivity index (χ3v) is 9.97. The largest absolute Gasteiger partial charge is 0.481 e. The lowest BCUT2D eigenvalue weighted by molar-refractivity contribution is -0.143. The number of hydrogen-bond donors (Lipinski definition) is 3. The number of carboxylic acid groups (broad SMARTS) is 2. The minimum atomic E-state index is -1.08. The number of aliphatic carboxylic acids is 2. The maximum atomic E-state index is 9.64. The summed E-state index contributed by atoms with van der Waals surface area (Å²) in [6, 6.07) is 0. The van der Waals surface area contributed by atoms with Crippen LogP contribution in [0.4, 0.5) is 0 Å². The zero-order chi connectivity index (χ0) is 36.1. The summed E-state index contributed by atoms with van der Waals surface area (Å²) in [4.78, 5) is 19.3. The summed E-state index contributed by atoms with van der Waals surface area (Å²) in [5.41, 5.74) is 0. The Morgan fingerprint density at radius 3 is 0.633 bits per heavy atom. The fourth-order valence-electron chi connectivity index (χ4n) is 6.64. The van der Waals surface area contributed by atoms with Gasteiger partial charge in [-0.15, -0.1) is 0 Å². The molecule has 0 amide bonds. The maximum Gasteiger partial charge on any atom is 0.303 e. The summed E-state index contributed by atoms with van der Waals surface area (Å²) in [5.74, 6) is -2.15. The average molecular weight is 696 g/mol. The molecule has 0 unspecified atom stereocenters. The summed E-state index contributed by atoms with van der Waals surface area (Å²) < 4.78 is 0. The van der Waals surface area contributed by atoms with E-state index in [1.807, 2.05) is 0 Å². The summed E-state index contributed by atoms with van der Waals surface area (Å²) in [7, 11) is 0. The smallest absolute Gasteiger partial charge is 0.303 e. The van der Waals surface area contributed by atoms with E-state index in [-0.39, 0.29) is 12.8 Å². The van der Waals surface area contributed by atoms with Gasteiger partial charge in [0.25, 0.3) is 0 Å². The van der Waals surface area contributed by atoms with Gasteiger partial charge in [-0.1, -0.05) is 232 Å². The lowest BCUT2D eigenvalue weighted by atomic mass is 10.0. The zero-order valence-corrected chi connectivity index (χ0v) is 33.5. The molecule has 5 heteroatoms. The van der Waals surface area contributed by atoms with E-state index in [2.05, 4.69) is 19.2 Å². The molecule has 0 saturated heterocycles. The van der Waals surface area contributed by atoms with Crippen molar-refractivity contribution in [2.24, 2.45) is 0 Å². The third kappa shape index (κ3) is 53.9. The van der Waals surface area contributed by atoms with E-state index in [0.717, 1.165) is 0 Å². The van der Waals surface area contributed by atoms with Crippen molar-refractivity contribution in [3.8, 4) is 0 Å². The van der Waals surface area contributed by atoms with E-state index in [4.69, 9.17) is 10.2 Å². The summed E-state index contributed by atoms with van der Waals surface area (Å²) in [6.45, 7) is 7.11. The van der Waals surface area contributed by atoms with Crippen LogP contribution in [0.3, 0.4) is 0 Å². The second-order valence-electron chi connectivity index (χ2n) is 15.1. The van der Waals surface area contributed by atoms with Gasteiger partial charge in [0.15, 0.2) is 0 Å². The Morgan fingerprint density at radius 2 is 0.469 bits per heavy atom. The van der Waals surface area contributed by atoms with Crippen LogP contribution in [0.25, 0.3) is 0 Å². The first-order chi connectivity index (χ1) is 24.0. The zero-order valence-electron chi connectivity index (χ0n) is 33.5. The van der Waals surface area contributed by atoms with Crippen LogP contribution in [0.15, 0.2) is 0 Å². The minimum Gasteiger partial charge on any atom is -0.481 e. The number of carbonyl (C=O) groups is 2. The highest BCUT2D eigenvalue weighted by molar-refractivity contribution is 5.75. The molecular weight excluding hydrogens is 606 g/mol. The Bertz CT molecular complexity index is 574. The molecule has 0 aromatic heterocycles. The van der Waals surface area contributed by atoms with Gasteiger partial charge in [-0.2, -0.15) is 0 Å². The van der Waals surface area contributed by atoms with E-state index < -0.39 is 11.9 Å². The van der Waals surface area contributed by atoms with Crippen molar-refractivity contribution in [2.45, 2.75) is 258 Å². The molecule has 0 heterocycles. The Kier molecular flexibility index (Phi) is 47.9. The lowest BCUT2D eigenvalue weighted by Crippen LogP contribution is -2.16. The molecule has 0 rings (SSSR count). The van der Waals surface area contributed by atoms with E-state index in [1.165, 1.54) is 244 Å². The Hall–Kier alpha value is -1.10. The molecule has 0 spiro atoms. The van der Waals surface area contributed by atoms with E-state index in [9.17, 15) is 9.59 Å². The van der Waals surface area contributed by atoms with Gasteiger partial charge >= 0.3 is 11.9 Å². The first-order valence-corrected chi connectivity index (χ1v) is 22.2. The molecule has 5 nitrogen and oxygen atoms in total. The first-order valence-electron chi connectivity index (χ1n) is 22.2. The Labute approximate surface area is 307 Å². The molecule has 0 fully saturated rings. The highest BCUT2D eigenvalue weighted by Gasteiger charge is 2.01. The van der Waals surface area contributed by atoms with E-state index in [0.29, 0.717) is 0 Å². The minimum absolute atomic E-state index is 0.296. The van der Waals surface area contributed by atoms with Crippen molar-refractivity contribution in [3.63, 3.8) is 0 Å².